The van der Waals surface area contributed by atoms with Gasteiger partial charge in [0, 0.05) is 0 Å². The smallest absolute Gasteiger partial charge is 0.224 e. The summed E-state index contributed by atoms with van der Waals surface area (Å²) in [4.78, 5) is 12.4. The molecule has 1 aliphatic rings. The minimum Gasteiger partial charge on any atom is -0.349 e. The van der Waals surface area contributed by atoms with E-state index in [2.05, 4.69) is 62.5 Å². The van der Waals surface area contributed by atoms with E-state index in [1.165, 1.54) is 53.5 Å². The lowest BCUT2D eigenvalue weighted by Crippen LogP contribution is -2.28. The van der Waals surface area contributed by atoms with Crippen LogP contribution in [0, 0.1) is 13.8 Å². The maximum Gasteiger partial charge on any atom is 0.224 e. The minimum absolute atomic E-state index is 0.0508. The molecule has 126 valence electrons. The Morgan fingerprint density at radius 2 is 1.79 bits per heavy atom. The molecule has 0 saturated heterocycles. The van der Waals surface area contributed by atoms with Gasteiger partial charge in [-0.25, -0.2) is 0 Å². The van der Waals surface area contributed by atoms with E-state index < -0.39 is 0 Å². The van der Waals surface area contributed by atoms with Gasteiger partial charge in [-0.05, 0) is 74.3 Å². The van der Waals surface area contributed by atoms with E-state index in [9.17, 15) is 4.79 Å². The molecule has 0 bridgehead atoms. The first-order valence-corrected chi connectivity index (χ1v) is 9.00. The molecule has 0 aromatic heterocycles. The molecule has 0 spiro atoms. The number of rotatable bonds is 4. The number of hydrogen-bond donors (Lipinski definition) is 1. The van der Waals surface area contributed by atoms with Gasteiger partial charge in [-0.2, -0.15) is 0 Å². The number of carbonyl (C=O) groups excluding carboxylic acids is 1. The summed E-state index contributed by atoms with van der Waals surface area (Å²) in [7, 11) is 0. The van der Waals surface area contributed by atoms with Gasteiger partial charge in [0.25, 0.3) is 0 Å². The fourth-order valence-corrected chi connectivity index (χ4v) is 3.56. The molecule has 2 heteroatoms. The van der Waals surface area contributed by atoms with E-state index in [0.29, 0.717) is 6.42 Å². The largest absolute Gasteiger partial charge is 0.349 e. The SMILES string of the molecule is Cc1ccc(C)c(CC(=O)N[C@H](C)c2ccc3c(c2)CCCC3)c1. The van der Waals surface area contributed by atoms with Crippen molar-refractivity contribution < 1.29 is 4.79 Å². The number of aryl methyl sites for hydroxylation is 4. The van der Waals surface area contributed by atoms with Crippen molar-refractivity contribution in [2.75, 3.05) is 0 Å². The average molecular weight is 321 g/mol. The normalized spacial score (nSPS) is 14.8. The Morgan fingerprint density at radius 1 is 1.04 bits per heavy atom. The van der Waals surface area contributed by atoms with E-state index in [1.807, 2.05) is 0 Å². The number of nitrogens with one attached hydrogen (secondary N) is 1. The third-order valence-electron chi connectivity index (χ3n) is 5.11. The highest BCUT2D eigenvalue weighted by atomic mass is 16.1. The summed E-state index contributed by atoms with van der Waals surface area (Å²) in [5.74, 6) is 0.0916. The first-order chi connectivity index (χ1) is 11.5. The van der Waals surface area contributed by atoms with Gasteiger partial charge in [0.1, 0.15) is 0 Å². The van der Waals surface area contributed by atoms with Crippen molar-refractivity contribution in [2.24, 2.45) is 0 Å². The highest BCUT2D eigenvalue weighted by Gasteiger charge is 2.14. The van der Waals surface area contributed by atoms with Crippen LogP contribution in [0.5, 0.6) is 0 Å². The van der Waals surface area contributed by atoms with Crippen LogP contribution in [0.4, 0.5) is 0 Å². The quantitative estimate of drug-likeness (QED) is 0.876. The maximum absolute atomic E-state index is 12.4. The van der Waals surface area contributed by atoms with Gasteiger partial charge >= 0.3 is 0 Å². The van der Waals surface area contributed by atoms with Gasteiger partial charge in [0.05, 0.1) is 12.5 Å². The van der Waals surface area contributed by atoms with Gasteiger partial charge in [-0.15, -0.1) is 0 Å². The number of amides is 1. The Hall–Kier alpha value is -2.09. The first-order valence-electron chi connectivity index (χ1n) is 9.00. The Balaban J connectivity index is 1.66. The summed E-state index contributed by atoms with van der Waals surface area (Å²) >= 11 is 0. The van der Waals surface area contributed by atoms with Crippen LogP contribution in [0.15, 0.2) is 36.4 Å². The molecule has 24 heavy (non-hydrogen) atoms. The van der Waals surface area contributed by atoms with Crippen molar-refractivity contribution in [3.8, 4) is 0 Å². The van der Waals surface area contributed by atoms with Gasteiger partial charge in [-0.1, -0.05) is 42.0 Å². The zero-order chi connectivity index (χ0) is 17.1. The molecule has 0 saturated carbocycles. The monoisotopic (exact) mass is 321 g/mol. The molecule has 0 unspecified atom stereocenters. The second kappa shape index (κ2) is 7.21. The molecular formula is C22H27NO. The highest BCUT2D eigenvalue weighted by molar-refractivity contribution is 5.79. The molecule has 1 amide bonds. The molecular weight excluding hydrogens is 294 g/mol. The van der Waals surface area contributed by atoms with Crippen molar-refractivity contribution >= 4 is 5.91 Å². The van der Waals surface area contributed by atoms with Crippen molar-refractivity contribution in [3.63, 3.8) is 0 Å². The molecule has 2 aromatic rings. The third-order valence-corrected chi connectivity index (χ3v) is 5.11. The number of hydrogen-bond acceptors (Lipinski definition) is 1. The number of carbonyl (C=O) groups is 1. The highest BCUT2D eigenvalue weighted by Crippen LogP contribution is 2.25. The first kappa shape index (κ1) is 16.8. The lowest BCUT2D eigenvalue weighted by Gasteiger charge is -2.20. The maximum atomic E-state index is 12.4. The van der Waals surface area contributed by atoms with Crippen LogP contribution in [0.1, 0.15) is 59.2 Å². The molecule has 1 aliphatic carbocycles. The second-order valence-electron chi connectivity index (χ2n) is 7.13. The van der Waals surface area contributed by atoms with Gasteiger partial charge in [0.2, 0.25) is 5.91 Å². The number of fused-ring (bicyclic) bond motifs is 1. The van der Waals surface area contributed by atoms with Gasteiger partial charge in [-0.3, -0.25) is 4.79 Å². The van der Waals surface area contributed by atoms with E-state index in [1.54, 1.807) is 0 Å². The molecule has 2 nitrogen and oxygen atoms in total. The predicted molar refractivity (Wildman–Crippen MR) is 99.3 cm³/mol. The Bertz CT molecular complexity index is 748. The summed E-state index contributed by atoms with van der Waals surface area (Å²) in [5, 5.41) is 3.16. The fraction of sp³-hybridized carbons (Fsp3) is 0.409. The lowest BCUT2D eigenvalue weighted by atomic mass is 9.89. The minimum atomic E-state index is 0.0508. The summed E-state index contributed by atoms with van der Waals surface area (Å²) in [6.07, 6.45) is 5.40. The standard InChI is InChI=1S/C22H27NO/c1-15-8-9-16(2)21(12-15)14-22(24)23-17(3)19-11-10-18-6-4-5-7-20(18)13-19/h8-13,17H,4-7,14H2,1-3H3,(H,23,24)/t17-/m1/s1. The predicted octanol–water partition coefficient (Wildman–Crippen LogP) is 4.60. The zero-order valence-corrected chi connectivity index (χ0v) is 15.0. The summed E-state index contributed by atoms with van der Waals surface area (Å²) in [5.41, 5.74) is 7.66. The molecule has 3 rings (SSSR count). The van der Waals surface area contributed by atoms with E-state index in [0.717, 1.165) is 5.56 Å². The lowest BCUT2D eigenvalue weighted by molar-refractivity contribution is -0.121. The second-order valence-corrected chi connectivity index (χ2v) is 7.13. The van der Waals surface area contributed by atoms with Crippen molar-refractivity contribution in [1.29, 1.82) is 0 Å². The summed E-state index contributed by atoms with van der Waals surface area (Å²) in [6.45, 7) is 6.21. The molecule has 0 heterocycles. The van der Waals surface area contributed by atoms with Crippen molar-refractivity contribution in [3.05, 3.63) is 69.8 Å². The Labute approximate surface area is 145 Å². The van der Waals surface area contributed by atoms with Gasteiger partial charge in [0.15, 0.2) is 0 Å². The third kappa shape index (κ3) is 3.87. The molecule has 1 N–H and O–H groups in total. The molecule has 1 atom stereocenters. The molecule has 0 radical (unpaired) electrons. The van der Waals surface area contributed by atoms with Gasteiger partial charge < -0.3 is 5.32 Å². The van der Waals surface area contributed by atoms with Crippen LogP contribution < -0.4 is 5.32 Å². The van der Waals surface area contributed by atoms with E-state index >= 15 is 0 Å². The Morgan fingerprint density at radius 3 is 2.58 bits per heavy atom. The fourth-order valence-electron chi connectivity index (χ4n) is 3.56. The molecule has 0 aliphatic heterocycles. The summed E-state index contributed by atoms with van der Waals surface area (Å²) in [6, 6.07) is 13.0. The van der Waals surface area contributed by atoms with E-state index in [4.69, 9.17) is 0 Å². The zero-order valence-electron chi connectivity index (χ0n) is 15.0. The van der Waals surface area contributed by atoms with Crippen LogP contribution in [0.3, 0.4) is 0 Å². The molecule has 2 aromatic carbocycles. The summed E-state index contributed by atoms with van der Waals surface area (Å²) < 4.78 is 0. The van der Waals surface area contributed by atoms with Crippen molar-refractivity contribution in [1.82, 2.24) is 5.32 Å². The van der Waals surface area contributed by atoms with Crippen LogP contribution in [-0.2, 0) is 24.1 Å². The topological polar surface area (TPSA) is 29.1 Å². The van der Waals surface area contributed by atoms with Crippen LogP contribution in [0.25, 0.3) is 0 Å². The van der Waals surface area contributed by atoms with Crippen LogP contribution in [-0.4, -0.2) is 5.91 Å². The molecule has 0 fully saturated rings. The van der Waals surface area contributed by atoms with E-state index in [-0.39, 0.29) is 11.9 Å². The number of benzene rings is 2. The van der Waals surface area contributed by atoms with Crippen LogP contribution in [0.2, 0.25) is 0 Å². The van der Waals surface area contributed by atoms with Crippen LogP contribution >= 0.6 is 0 Å². The Kier molecular flexibility index (Phi) is 5.03. The average Bonchev–Trinajstić information content (AvgIpc) is 2.57. The van der Waals surface area contributed by atoms with Crippen molar-refractivity contribution in [2.45, 2.75) is 58.9 Å².